The van der Waals surface area contributed by atoms with Gasteiger partial charge in [-0.1, -0.05) is 30.3 Å². The van der Waals surface area contributed by atoms with E-state index in [0.29, 0.717) is 11.1 Å². The average Bonchev–Trinajstić information content (AvgIpc) is 2.70. The predicted octanol–water partition coefficient (Wildman–Crippen LogP) is 1.47. The second-order valence-corrected chi connectivity index (χ2v) is 7.76. The summed E-state index contributed by atoms with van der Waals surface area (Å²) in [5.41, 5.74) is 6.07. The summed E-state index contributed by atoms with van der Waals surface area (Å²) < 4.78 is 65.8. The Hall–Kier alpha value is -1.94. The van der Waals surface area contributed by atoms with E-state index in [2.05, 4.69) is 0 Å². The Labute approximate surface area is 126 Å². The van der Waals surface area contributed by atoms with Crippen LogP contribution in [-0.4, -0.2) is 25.9 Å². The van der Waals surface area contributed by atoms with E-state index >= 15 is 0 Å². The first-order valence-electron chi connectivity index (χ1n) is 6.08. The molecule has 0 aromatic heterocycles. The molecule has 0 amide bonds. The second-order valence-electron chi connectivity index (χ2n) is 4.90. The number of hydrogen-bond acceptors (Lipinski definition) is 5. The molecule has 0 saturated heterocycles. The van der Waals surface area contributed by atoms with Crippen molar-refractivity contribution in [2.75, 3.05) is 5.73 Å². The zero-order valence-corrected chi connectivity index (χ0v) is 12.6. The predicted molar refractivity (Wildman–Crippen MR) is 79.5 cm³/mol. The van der Waals surface area contributed by atoms with E-state index < -0.39 is 30.4 Å². The zero-order valence-electron chi connectivity index (χ0n) is 11.0. The van der Waals surface area contributed by atoms with Crippen LogP contribution in [0.1, 0.15) is 16.4 Å². The average molecular weight is 341 g/mol. The van der Waals surface area contributed by atoms with Gasteiger partial charge in [-0.3, -0.25) is 9.11 Å². The highest BCUT2D eigenvalue weighted by atomic mass is 32.2. The fraction of sp³-hybridized carbons (Fsp3) is 0.0769. The second kappa shape index (κ2) is 4.53. The van der Waals surface area contributed by atoms with Gasteiger partial charge in [-0.05, 0) is 22.8 Å². The lowest BCUT2D eigenvalue weighted by Crippen LogP contribution is -2.15. The van der Waals surface area contributed by atoms with Crippen LogP contribution in [0.15, 0.2) is 41.3 Å². The number of nitrogen functional groups attached to an aromatic ring is 1. The third kappa shape index (κ3) is 2.10. The highest BCUT2D eigenvalue weighted by molar-refractivity contribution is 7.87. The van der Waals surface area contributed by atoms with Crippen LogP contribution >= 0.6 is 0 Å². The van der Waals surface area contributed by atoms with Gasteiger partial charge in [0.1, 0.15) is 10.1 Å². The van der Waals surface area contributed by atoms with Crippen molar-refractivity contribution >= 4 is 25.9 Å². The van der Waals surface area contributed by atoms with Crippen LogP contribution in [-0.2, 0) is 20.2 Å². The molecule has 1 aliphatic rings. The van der Waals surface area contributed by atoms with Crippen molar-refractivity contribution in [1.29, 1.82) is 0 Å². The smallest absolute Gasteiger partial charge is 0.296 e. The van der Waals surface area contributed by atoms with E-state index in [0.717, 1.165) is 0 Å². The zero-order chi connectivity index (χ0) is 16.3. The molecule has 1 atom stereocenters. The van der Waals surface area contributed by atoms with Crippen molar-refractivity contribution in [2.45, 2.75) is 10.1 Å². The maximum absolute atomic E-state index is 11.8. The van der Waals surface area contributed by atoms with Gasteiger partial charge in [0.15, 0.2) is 0 Å². The van der Waals surface area contributed by atoms with Gasteiger partial charge < -0.3 is 5.73 Å². The standard InChI is InChI=1S/C13H11NO6S2/c14-10-6-5-8-7-3-1-2-4-9(7)12(21(15,16)17)11(8)13(10)22(18,19)20/h1-6,12H,14H2,(H,15,16,17)(H,18,19,20). The minimum absolute atomic E-state index is 0.230. The van der Waals surface area contributed by atoms with Crippen molar-refractivity contribution in [3.05, 3.63) is 47.5 Å². The van der Waals surface area contributed by atoms with Crippen LogP contribution in [0.3, 0.4) is 0 Å². The highest BCUT2D eigenvalue weighted by Crippen LogP contribution is 2.50. The van der Waals surface area contributed by atoms with Crippen LogP contribution < -0.4 is 5.73 Å². The van der Waals surface area contributed by atoms with E-state index in [4.69, 9.17) is 5.73 Å². The van der Waals surface area contributed by atoms with Gasteiger partial charge in [0.2, 0.25) is 0 Å². The summed E-state index contributed by atoms with van der Waals surface area (Å²) in [7, 11) is -9.43. The summed E-state index contributed by atoms with van der Waals surface area (Å²) >= 11 is 0. The van der Waals surface area contributed by atoms with E-state index in [1.165, 1.54) is 18.2 Å². The monoisotopic (exact) mass is 341 g/mol. The Balaban J connectivity index is 2.53. The van der Waals surface area contributed by atoms with Crippen molar-refractivity contribution in [2.24, 2.45) is 0 Å². The Morgan fingerprint density at radius 1 is 0.909 bits per heavy atom. The lowest BCUT2D eigenvalue weighted by molar-refractivity contribution is 0.474. The summed E-state index contributed by atoms with van der Waals surface area (Å²) in [6, 6.07) is 9.02. The Morgan fingerprint density at radius 2 is 1.55 bits per heavy atom. The first kappa shape index (κ1) is 15.0. The third-order valence-corrected chi connectivity index (χ3v) is 5.63. The minimum Gasteiger partial charge on any atom is -0.398 e. The summed E-state index contributed by atoms with van der Waals surface area (Å²) in [6.45, 7) is 0. The Kier molecular flexibility index (Phi) is 3.08. The summed E-state index contributed by atoms with van der Waals surface area (Å²) in [4.78, 5) is -0.691. The van der Waals surface area contributed by atoms with Crippen molar-refractivity contribution in [1.82, 2.24) is 0 Å². The maximum Gasteiger partial charge on any atom is 0.296 e. The molecule has 0 radical (unpaired) electrons. The molecule has 0 aliphatic heterocycles. The molecule has 0 bridgehead atoms. The largest absolute Gasteiger partial charge is 0.398 e. The highest BCUT2D eigenvalue weighted by Gasteiger charge is 2.41. The summed E-state index contributed by atoms with van der Waals surface area (Å²) in [5.74, 6) is 0. The Morgan fingerprint density at radius 3 is 2.14 bits per heavy atom. The number of nitrogens with two attached hydrogens (primary N) is 1. The molecule has 116 valence electrons. The first-order valence-corrected chi connectivity index (χ1v) is 9.02. The molecule has 1 unspecified atom stereocenters. The number of anilines is 1. The quantitative estimate of drug-likeness (QED) is 0.556. The van der Waals surface area contributed by atoms with Gasteiger partial charge in [0.25, 0.3) is 20.2 Å². The third-order valence-electron chi connectivity index (χ3n) is 3.58. The molecule has 2 aromatic carbocycles. The molecule has 1 aliphatic carbocycles. The van der Waals surface area contributed by atoms with Gasteiger partial charge in [-0.25, -0.2) is 0 Å². The van der Waals surface area contributed by atoms with Gasteiger partial charge in [0, 0.05) is 5.56 Å². The van der Waals surface area contributed by atoms with E-state index in [1.807, 2.05) is 0 Å². The van der Waals surface area contributed by atoms with Crippen LogP contribution in [0.4, 0.5) is 5.69 Å². The van der Waals surface area contributed by atoms with Crippen molar-refractivity contribution in [3.8, 4) is 11.1 Å². The molecule has 9 heteroatoms. The SMILES string of the molecule is Nc1ccc2c(c1S(=O)(=O)O)C(S(=O)(=O)O)c1ccccc1-2. The van der Waals surface area contributed by atoms with Crippen LogP contribution in [0.25, 0.3) is 11.1 Å². The first-order chi connectivity index (χ1) is 10.1. The molecule has 0 fully saturated rings. The molecule has 3 rings (SSSR count). The molecule has 7 nitrogen and oxygen atoms in total. The lowest BCUT2D eigenvalue weighted by Gasteiger charge is -2.14. The molecule has 4 N–H and O–H groups in total. The van der Waals surface area contributed by atoms with Crippen LogP contribution in [0, 0.1) is 0 Å². The number of benzene rings is 2. The van der Waals surface area contributed by atoms with Crippen molar-refractivity contribution in [3.63, 3.8) is 0 Å². The lowest BCUT2D eigenvalue weighted by atomic mass is 10.1. The molecule has 0 heterocycles. The van der Waals surface area contributed by atoms with Gasteiger partial charge in [-0.2, -0.15) is 16.8 Å². The van der Waals surface area contributed by atoms with Crippen LogP contribution in [0.2, 0.25) is 0 Å². The normalized spacial score (nSPS) is 17.1. The van der Waals surface area contributed by atoms with Gasteiger partial charge in [-0.15, -0.1) is 0 Å². The fourth-order valence-electron chi connectivity index (χ4n) is 2.84. The van der Waals surface area contributed by atoms with E-state index in [1.54, 1.807) is 18.2 Å². The molecule has 0 saturated carbocycles. The minimum atomic E-state index is -4.77. The van der Waals surface area contributed by atoms with Gasteiger partial charge >= 0.3 is 0 Å². The van der Waals surface area contributed by atoms with Gasteiger partial charge in [0.05, 0.1) is 5.69 Å². The number of fused-ring (bicyclic) bond motifs is 3. The summed E-state index contributed by atoms with van der Waals surface area (Å²) in [5, 5.41) is -1.61. The van der Waals surface area contributed by atoms with Crippen molar-refractivity contribution < 1.29 is 25.9 Å². The molecule has 2 aromatic rings. The summed E-state index contributed by atoms with van der Waals surface area (Å²) in [6.07, 6.45) is 0. The van der Waals surface area contributed by atoms with E-state index in [-0.39, 0.29) is 16.8 Å². The number of rotatable bonds is 2. The van der Waals surface area contributed by atoms with Crippen LogP contribution in [0.5, 0.6) is 0 Å². The topological polar surface area (TPSA) is 135 Å². The molecular formula is C13H11NO6S2. The number of hydrogen-bond donors (Lipinski definition) is 3. The van der Waals surface area contributed by atoms with E-state index in [9.17, 15) is 25.9 Å². The molecular weight excluding hydrogens is 330 g/mol. The molecule has 22 heavy (non-hydrogen) atoms. The molecule has 0 spiro atoms. The fourth-order valence-corrected chi connectivity index (χ4v) is 4.85. The Bertz CT molecular complexity index is 995. The maximum atomic E-state index is 11.8.